The molecule has 0 aliphatic carbocycles. The maximum Gasteiger partial charge on any atom is 0.0509 e. The molecule has 1 heteroatoms. The van der Waals surface area contributed by atoms with E-state index in [1.54, 1.807) is 0 Å². The summed E-state index contributed by atoms with van der Waals surface area (Å²) in [5.74, 6) is 0. The summed E-state index contributed by atoms with van der Waals surface area (Å²) < 4.78 is 2.38. The number of rotatable bonds is 4. The summed E-state index contributed by atoms with van der Waals surface area (Å²) in [5.41, 5.74) is 4.17. The lowest BCUT2D eigenvalue weighted by atomic mass is 10.1. The van der Waals surface area contributed by atoms with Gasteiger partial charge in [0, 0.05) is 12.7 Å². The van der Waals surface area contributed by atoms with Gasteiger partial charge in [0.1, 0.15) is 0 Å². The predicted molar refractivity (Wildman–Crippen MR) is 81.4 cm³/mol. The summed E-state index contributed by atoms with van der Waals surface area (Å²) in [7, 11) is 0. The van der Waals surface area contributed by atoms with E-state index in [0.29, 0.717) is 0 Å². The van der Waals surface area contributed by atoms with Crippen molar-refractivity contribution in [3.8, 4) is 0 Å². The van der Waals surface area contributed by atoms with Gasteiger partial charge >= 0.3 is 0 Å². The molecule has 0 saturated carbocycles. The molecule has 3 aromatic rings. The van der Waals surface area contributed by atoms with Gasteiger partial charge in [-0.25, -0.2) is 0 Å². The van der Waals surface area contributed by atoms with Gasteiger partial charge in [-0.2, -0.15) is 0 Å². The highest BCUT2D eigenvalue weighted by Gasteiger charge is 2.03. The molecule has 0 aliphatic heterocycles. The third-order valence-electron chi connectivity index (χ3n) is 3.70. The van der Waals surface area contributed by atoms with Crippen molar-refractivity contribution < 1.29 is 0 Å². The summed E-state index contributed by atoms with van der Waals surface area (Å²) in [6.45, 7) is 3.28. The predicted octanol–water partition coefficient (Wildman–Crippen LogP) is 4.58. The molecular formula is C18H19N. The number of benzene rings is 2. The van der Waals surface area contributed by atoms with E-state index in [2.05, 4.69) is 72.3 Å². The van der Waals surface area contributed by atoms with Crippen LogP contribution < -0.4 is 0 Å². The fourth-order valence-corrected chi connectivity index (χ4v) is 2.74. The number of fused-ring (bicyclic) bond motifs is 1. The number of hydrogen-bond acceptors (Lipinski definition) is 0. The molecule has 1 heterocycles. The van der Waals surface area contributed by atoms with E-state index in [1.807, 2.05) is 0 Å². The first-order chi connectivity index (χ1) is 9.34. The molecule has 0 atom stereocenters. The van der Waals surface area contributed by atoms with E-state index in [-0.39, 0.29) is 0 Å². The Morgan fingerprint density at radius 3 is 2.58 bits per heavy atom. The van der Waals surface area contributed by atoms with Crippen LogP contribution in [0.1, 0.15) is 17.5 Å². The molecule has 0 saturated heterocycles. The average molecular weight is 249 g/mol. The zero-order valence-electron chi connectivity index (χ0n) is 11.3. The van der Waals surface area contributed by atoms with Crippen LogP contribution in [-0.2, 0) is 13.0 Å². The van der Waals surface area contributed by atoms with Gasteiger partial charge in [-0.05, 0) is 42.3 Å². The maximum absolute atomic E-state index is 2.38. The van der Waals surface area contributed by atoms with Crippen LogP contribution in [0.15, 0.2) is 60.8 Å². The Morgan fingerprint density at radius 2 is 1.74 bits per heavy atom. The third kappa shape index (κ3) is 2.55. The molecule has 1 aromatic heterocycles. The van der Waals surface area contributed by atoms with Crippen molar-refractivity contribution in [1.82, 2.24) is 4.57 Å². The van der Waals surface area contributed by atoms with Crippen LogP contribution in [0.5, 0.6) is 0 Å². The van der Waals surface area contributed by atoms with Gasteiger partial charge in [-0.1, -0.05) is 48.5 Å². The Bertz CT molecular complexity index is 664. The van der Waals surface area contributed by atoms with E-state index >= 15 is 0 Å². The second kappa shape index (κ2) is 5.31. The van der Waals surface area contributed by atoms with E-state index in [0.717, 1.165) is 13.0 Å². The van der Waals surface area contributed by atoms with E-state index in [9.17, 15) is 0 Å². The smallest absolute Gasteiger partial charge is 0.0509 e. The Morgan fingerprint density at radius 1 is 0.895 bits per heavy atom. The standard InChI is InChI=1S/C18H19N/c1-15-7-5-11-17-12-14-19(18(15)17)13-6-10-16-8-3-2-4-9-16/h2-5,7-9,11-12,14H,6,10,13H2,1H3. The molecule has 0 unspecified atom stereocenters. The number of nitrogens with zero attached hydrogens (tertiary/aromatic N) is 1. The second-order valence-electron chi connectivity index (χ2n) is 5.11. The van der Waals surface area contributed by atoms with E-state index in [4.69, 9.17) is 0 Å². The SMILES string of the molecule is Cc1cccc2ccn(CCCc3ccccc3)c12. The Labute approximate surface area is 114 Å². The number of hydrogen-bond donors (Lipinski definition) is 0. The lowest BCUT2D eigenvalue weighted by molar-refractivity contribution is 0.661. The van der Waals surface area contributed by atoms with Crippen molar-refractivity contribution in [2.75, 3.05) is 0 Å². The van der Waals surface area contributed by atoms with Crippen molar-refractivity contribution >= 4 is 10.9 Å². The number of aromatic nitrogens is 1. The topological polar surface area (TPSA) is 4.93 Å². The van der Waals surface area contributed by atoms with Crippen molar-refractivity contribution in [2.24, 2.45) is 0 Å². The van der Waals surface area contributed by atoms with Crippen molar-refractivity contribution in [3.05, 3.63) is 71.9 Å². The molecule has 3 rings (SSSR count). The molecule has 0 N–H and O–H groups in total. The summed E-state index contributed by atoms with van der Waals surface area (Å²) in [4.78, 5) is 0. The van der Waals surface area contributed by atoms with E-state index in [1.165, 1.54) is 28.5 Å². The molecular weight excluding hydrogens is 230 g/mol. The van der Waals surface area contributed by atoms with Gasteiger partial charge in [0.05, 0.1) is 5.52 Å². The second-order valence-corrected chi connectivity index (χ2v) is 5.11. The highest BCUT2D eigenvalue weighted by atomic mass is 14.9. The maximum atomic E-state index is 2.38. The summed E-state index contributed by atoms with van der Waals surface area (Å²) >= 11 is 0. The molecule has 0 fully saturated rings. The van der Waals surface area contributed by atoms with Crippen LogP contribution in [0, 0.1) is 6.92 Å². The van der Waals surface area contributed by atoms with Crippen molar-refractivity contribution in [3.63, 3.8) is 0 Å². The van der Waals surface area contributed by atoms with Crippen LogP contribution in [0.4, 0.5) is 0 Å². The monoisotopic (exact) mass is 249 g/mol. The van der Waals surface area contributed by atoms with Crippen LogP contribution in [0.3, 0.4) is 0 Å². The fourth-order valence-electron chi connectivity index (χ4n) is 2.74. The van der Waals surface area contributed by atoms with E-state index < -0.39 is 0 Å². The van der Waals surface area contributed by atoms with Crippen LogP contribution in [0.25, 0.3) is 10.9 Å². The molecule has 0 bridgehead atoms. The molecule has 0 aliphatic rings. The van der Waals surface area contributed by atoms with Gasteiger partial charge in [-0.3, -0.25) is 0 Å². The molecule has 2 aromatic carbocycles. The van der Waals surface area contributed by atoms with Gasteiger partial charge in [0.25, 0.3) is 0 Å². The third-order valence-corrected chi connectivity index (χ3v) is 3.70. The zero-order chi connectivity index (χ0) is 13.1. The minimum absolute atomic E-state index is 1.09. The average Bonchev–Trinajstić information content (AvgIpc) is 2.85. The van der Waals surface area contributed by atoms with Gasteiger partial charge in [0.2, 0.25) is 0 Å². The molecule has 0 amide bonds. The lowest BCUT2D eigenvalue weighted by Crippen LogP contribution is -1.99. The van der Waals surface area contributed by atoms with Crippen LogP contribution in [-0.4, -0.2) is 4.57 Å². The minimum Gasteiger partial charge on any atom is -0.347 e. The lowest BCUT2D eigenvalue weighted by Gasteiger charge is -2.07. The highest BCUT2D eigenvalue weighted by molar-refractivity contribution is 5.83. The number of aryl methyl sites for hydroxylation is 3. The zero-order valence-corrected chi connectivity index (χ0v) is 11.3. The molecule has 96 valence electrons. The molecule has 1 nitrogen and oxygen atoms in total. The Hall–Kier alpha value is -2.02. The first kappa shape index (κ1) is 12.0. The van der Waals surface area contributed by atoms with Gasteiger partial charge in [-0.15, -0.1) is 0 Å². The van der Waals surface area contributed by atoms with Crippen LogP contribution in [0.2, 0.25) is 0 Å². The Kier molecular flexibility index (Phi) is 3.37. The van der Waals surface area contributed by atoms with Gasteiger partial charge in [0.15, 0.2) is 0 Å². The Balaban J connectivity index is 1.72. The molecule has 19 heavy (non-hydrogen) atoms. The molecule has 0 spiro atoms. The molecule has 0 radical (unpaired) electrons. The van der Waals surface area contributed by atoms with Gasteiger partial charge < -0.3 is 4.57 Å². The fraction of sp³-hybridized carbons (Fsp3) is 0.222. The quantitative estimate of drug-likeness (QED) is 0.637. The largest absolute Gasteiger partial charge is 0.347 e. The van der Waals surface area contributed by atoms with Crippen LogP contribution >= 0.6 is 0 Å². The summed E-state index contributed by atoms with van der Waals surface area (Å²) in [6.07, 6.45) is 4.54. The minimum atomic E-state index is 1.09. The van der Waals surface area contributed by atoms with Crippen molar-refractivity contribution in [1.29, 1.82) is 0 Å². The summed E-state index contributed by atoms with van der Waals surface area (Å²) in [6, 6.07) is 19.4. The first-order valence-corrected chi connectivity index (χ1v) is 6.93. The normalized spacial score (nSPS) is 11.0. The highest BCUT2D eigenvalue weighted by Crippen LogP contribution is 2.20. The van der Waals surface area contributed by atoms with Crippen molar-refractivity contribution in [2.45, 2.75) is 26.3 Å². The first-order valence-electron chi connectivity index (χ1n) is 6.93. The number of para-hydroxylation sites is 1. The summed E-state index contributed by atoms with van der Waals surface area (Å²) in [5, 5.41) is 1.35.